The van der Waals surface area contributed by atoms with Crippen molar-refractivity contribution in [3.05, 3.63) is 0 Å². The van der Waals surface area contributed by atoms with Crippen LogP contribution in [0.15, 0.2) is 0 Å². The molecule has 0 rings (SSSR count). The normalized spacial score (nSPS) is 13.0. The van der Waals surface area contributed by atoms with E-state index in [1.165, 1.54) is 225 Å². The fourth-order valence-electron chi connectivity index (χ4n) is 8.28. The Morgan fingerprint density at radius 1 is 0.411 bits per heavy atom. The average Bonchev–Trinajstić information content (AvgIpc) is 3.16. The maximum absolute atomic E-state index is 12.6. The third-order valence-corrected chi connectivity index (χ3v) is 12.8. The summed E-state index contributed by atoms with van der Waals surface area (Å²) in [6, 6.07) is -0.965. The molecule has 0 saturated heterocycles. The minimum absolute atomic E-state index is 0.237. The molecule has 0 aromatic carbocycles. The molecule has 2 atom stereocenters. The first-order valence-electron chi connectivity index (χ1n) is 25.2. The Bertz CT molecular complexity index is 897. The molecule has 0 radical (unpaired) electrons. The van der Waals surface area contributed by atoms with Crippen molar-refractivity contribution in [2.75, 3.05) is 5.75 Å². The molecule has 1 amide bonds. The standard InChI is InChI=1S/C49H99NO5S/c1-3-5-7-9-11-13-15-17-19-21-23-25-26-28-30-32-34-36-38-40-42-44-48(51)47(46-56(53,54)55)50-49(52)45-43-41-39-37-35-33-31-29-27-24-22-20-18-16-14-12-10-8-6-4-2/h47-48,51H,3-46H2,1-2H3,(H,50,52)(H,53,54,55). The first-order valence-corrected chi connectivity index (χ1v) is 26.8. The summed E-state index contributed by atoms with van der Waals surface area (Å²) in [7, 11) is -4.31. The minimum Gasteiger partial charge on any atom is -0.391 e. The zero-order valence-electron chi connectivity index (χ0n) is 37.8. The highest BCUT2D eigenvalue weighted by atomic mass is 32.2. The fraction of sp³-hybridized carbons (Fsp3) is 0.980. The van der Waals surface area contributed by atoms with Crippen molar-refractivity contribution in [3.8, 4) is 0 Å². The van der Waals surface area contributed by atoms with E-state index in [2.05, 4.69) is 19.2 Å². The molecular formula is C49H99NO5S. The predicted molar refractivity (Wildman–Crippen MR) is 244 cm³/mol. The Labute approximate surface area is 350 Å². The van der Waals surface area contributed by atoms with Crippen LogP contribution < -0.4 is 5.32 Å². The number of aliphatic hydroxyl groups is 1. The Morgan fingerprint density at radius 2 is 0.643 bits per heavy atom. The van der Waals surface area contributed by atoms with Crippen molar-refractivity contribution < 1.29 is 22.9 Å². The Balaban J connectivity index is 3.71. The maximum atomic E-state index is 12.6. The molecule has 0 aliphatic carbocycles. The quantitative estimate of drug-likeness (QED) is 0.0419. The van der Waals surface area contributed by atoms with Crippen LogP contribution in [0, 0.1) is 0 Å². The molecule has 7 heteroatoms. The zero-order chi connectivity index (χ0) is 41.1. The topological polar surface area (TPSA) is 104 Å². The van der Waals surface area contributed by atoms with Crippen LogP contribution in [-0.2, 0) is 14.9 Å². The van der Waals surface area contributed by atoms with Gasteiger partial charge in [-0.1, -0.05) is 271 Å². The number of unbranched alkanes of at least 4 members (excludes halogenated alkanes) is 39. The van der Waals surface area contributed by atoms with Gasteiger partial charge in [0, 0.05) is 6.42 Å². The molecule has 0 aromatic heterocycles. The van der Waals surface area contributed by atoms with E-state index in [-0.39, 0.29) is 5.91 Å². The molecule has 0 aromatic rings. The van der Waals surface area contributed by atoms with Gasteiger partial charge in [-0.25, -0.2) is 0 Å². The van der Waals surface area contributed by atoms with E-state index in [0.717, 1.165) is 38.5 Å². The molecule has 0 aliphatic rings. The number of carbonyl (C=O) groups excluding carboxylic acids is 1. The average molecular weight is 814 g/mol. The molecule has 0 heterocycles. The van der Waals surface area contributed by atoms with E-state index >= 15 is 0 Å². The van der Waals surface area contributed by atoms with Gasteiger partial charge in [-0.05, 0) is 12.8 Å². The van der Waals surface area contributed by atoms with Gasteiger partial charge in [0.2, 0.25) is 5.91 Å². The van der Waals surface area contributed by atoms with Crippen LogP contribution in [0.25, 0.3) is 0 Å². The molecule has 6 nitrogen and oxygen atoms in total. The van der Waals surface area contributed by atoms with E-state index in [1.807, 2.05) is 0 Å². The SMILES string of the molecule is CCCCCCCCCCCCCCCCCCCCCCCC(O)C(CS(=O)(=O)O)NC(=O)CCCCCCCCCCCCCCCCCCCCCC. The first kappa shape index (κ1) is 55.3. The minimum atomic E-state index is -4.31. The summed E-state index contributed by atoms with van der Waals surface area (Å²) < 4.78 is 32.7. The summed E-state index contributed by atoms with van der Waals surface area (Å²) in [6.45, 7) is 4.56. The molecule has 0 spiro atoms. The molecule has 56 heavy (non-hydrogen) atoms. The lowest BCUT2D eigenvalue weighted by Crippen LogP contribution is -2.47. The van der Waals surface area contributed by atoms with Crippen molar-refractivity contribution in [1.82, 2.24) is 5.32 Å². The lowest BCUT2D eigenvalue weighted by molar-refractivity contribution is -0.122. The highest BCUT2D eigenvalue weighted by molar-refractivity contribution is 7.85. The second-order valence-corrected chi connectivity index (χ2v) is 19.3. The molecular weight excluding hydrogens is 715 g/mol. The summed E-state index contributed by atoms with van der Waals surface area (Å²) in [5, 5.41) is 13.4. The van der Waals surface area contributed by atoms with Gasteiger partial charge in [-0.3, -0.25) is 9.35 Å². The van der Waals surface area contributed by atoms with Gasteiger partial charge in [-0.15, -0.1) is 0 Å². The molecule has 0 aliphatic heterocycles. The molecule has 0 bridgehead atoms. The van der Waals surface area contributed by atoms with E-state index in [4.69, 9.17) is 0 Å². The summed E-state index contributed by atoms with van der Waals surface area (Å²) in [5.74, 6) is -0.878. The van der Waals surface area contributed by atoms with Crippen LogP contribution in [0.2, 0.25) is 0 Å². The highest BCUT2D eigenvalue weighted by Crippen LogP contribution is 2.18. The van der Waals surface area contributed by atoms with Gasteiger partial charge >= 0.3 is 0 Å². The highest BCUT2D eigenvalue weighted by Gasteiger charge is 2.26. The lowest BCUT2D eigenvalue weighted by atomic mass is 10.0. The van der Waals surface area contributed by atoms with Crippen molar-refractivity contribution >= 4 is 16.0 Å². The Hall–Kier alpha value is -0.660. The smallest absolute Gasteiger partial charge is 0.266 e. The van der Waals surface area contributed by atoms with Gasteiger partial charge in [0.25, 0.3) is 10.1 Å². The number of nitrogens with one attached hydrogen (secondary N) is 1. The van der Waals surface area contributed by atoms with Gasteiger partial charge in [0.1, 0.15) is 0 Å². The number of hydrogen-bond acceptors (Lipinski definition) is 4. The monoisotopic (exact) mass is 814 g/mol. The summed E-state index contributed by atoms with van der Waals surface area (Å²) in [5.41, 5.74) is 0. The van der Waals surface area contributed by atoms with E-state index < -0.39 is 28.0 Å². The summed E-state index contributed by atoms with van der Waals surface area (Å²) >= 11 is 0. The zero-order valence-corrected chi connectivity index (χ0v) is 38.6. The number of amides is 1. The van der Waals surface area contributed by atoms with Crippen LogP contribution in [0.3, 0.4) is 0 Å². The van der Waals surface area contributed by atoms with Gasteiger partial charge in [0.05, 0.1) is 17.9 Å². The molecule has 0 fully saturated rings. The van der Waals surface area contributed by atoms with Crippen LogP contribution in [0.4, 0.5) is 0 Å². The van der Waals surface area contributed by atoms with Gasteiger partial charge in [0.15, 0.2) is 0 Å². The lowest BCUT2D eigenvalue weighted by Gasteiger charge is -2.23. The van der Waals surface area contributed by atoms with Gasteiger partial charge < -0.3 is 10.4 Å². The maximum Gasteiger partial charge on any atom is 0.266 e. The Kier molecular flexibility index (Phi) is 43.4. The third kappa shape index (κ3) is 44.4. The number of rotatable bonds is 47. The fourth-order valence-corrected chi connectivity index (χ4v) is 9.04. The largest absolute Gasteiger partial charge is 0.391 e. The third-order valence-electron chi connectivity index (χ3n) is 12.1. The summed E-state index contributed by atoms with van der Waals surface area (Å²) in [6.07, 6.45) is 53.6. The second kappa shape index (κ2) is 43.9. The van der Waals surface area contributed by atoms with Crippen LogP contribution in [0.1, 0.15) is 290 Å². The first-order chi connectivity index (χ1) is 27.3. The molecule has 336 valence electrons. The van der Waals surface area contributed by atoms with Crippen LogP contribution in [-0.4, -0.2) is 41.9 Å². The van der Waals surface area contributed by atoms with Crippen LogP contribution >= 0.6 is 0 Å². The number of hydrogen-bond donors (Lipinski definition) is 3. The molecule has 3 N–H and O–H groups in total. The van der Waals surface area contributed by atoms with E-state index in [9.17, 15) is 22.9 Å². The predicted octanol–water partition coefficient (Wildman–Crippen LogP) is 15.5. The van der Waals surface area contributed by atoms with Crippen molar-refractivity contribution in [1.29, 1.82) is 0 Å². The number of aliphatic hydroxyl groups excluding tert-OH is 1. The number of carbonyl (C=O) groups is 1. The van der Waals surface area contributed by atoms with Crippen molar-refractivity contribution in [2.24, 2.45) is 0 Å². The second-order valence-electron chi connectivity index (χ2n) is 17.8. The van der Waals surface area contributed by atoms with Crippen molar-refractivity contribution in [2.45, 2.75) is 302 Å². The van der Waals surface area contributed by atoms with Gasteiger partial charge in [-0.2, -0.15) is 8.42 Å². The van der Waals surface area contributed by atoms with Crippen molar-refractivity contribution in [3.63, 3.8) is 0 Å². The van der Waals surface area contributed by atoms with E-state index in [0.29, 0.717) is 12.8 Å². The molecule has 0 saturated carbocycles. The van der Waals surface area contributed by atoms with Crippen LogP contribution in [0.5, 0.6) is 0 Å². The Morgan fingerprint density at radius 3 is 0.893 bits per heavy atom. The van der Waals surface area contributed by atoms with E-state index in [1.54, 1.807) is 0 Å². The molecule has 2 unspecified atom stereocenters. The summed E-state index contributed by atoms with van der Waals surface area (Å²) in [4.78, 5) is 12.6.